The molecule has 33 heavy (non-hydrogen) atoms. The normalized spacial score (nSPS) is 12.2. The number of methoxy groups -OCH3 is 2. The fraction of sp³-hybridized carbons (Fsp3) is 0.227. The molecular formula is C22H21F3N4O4. The summed E-state index contributed by atoms with van der Waals surface area (Å²) in [4.78, 5) is 25.1. The molecule has 3 aromatic rings. The van der Waals surface area contributed by atoms with Crippen LogP contribution in [0.25, 0.3) is 5.69 Å². The van der Waals surface area contributed by atoms with Crippen molar-refractivity contribution in [2.45, 2.75) is 19.1 Å². The van der Waals surface area contributed by atoms with E-state index in [1.807, 2.05) is 0 Å². The number of amides is 1. The van der Waals surface area contributed by atoms with Crippen molar-refractivity contribution in [3.05, 3.63) is 75.7 Å². The average Bonchev–Trinajstić information content (AvgIpc) is 2.77. The summed E-state index contributed by atoms with van der Waals surface area (Å²) in [5.74, 6) is 0.0840. The van der Waals surface area contributed by atoms with Gasteiger partial charge in [-0.1, -0.05) is 0 Å². The highest BCUT2D eigenvalue weighted by atomic mass is 19.4. The minimum atomic E-state index is -4.58. The molecule has 0 fully saturated rings. The number of hydrogen-bond donors (Lipinski definition) is 2. The third-order valence-electron chi connectivity index (χ3n) is 4.80. The van der Waals surface area contributed by atoms with Gasteiger partial charge in [0.25, 0.3) is 11.5 Å². The molecule has 8 nitrogen and oxygen atoms in total. The fourth-order valence-corrected chi connectivity index (χ4v) is 3.11. The molecule has 1 amide bonds. The number of alkyl halides is 3. The van der Waals surface area contributed by atoms with E-state index in [9.17, 15) is 22.8 Å². The first-order valence-electron chi connectivity index (χ1n) is 9.64. The lowest BCUT2D eigenvalue weighted by molar-refractivity contribution is -0.137. The van der Waals surface area contributed by atoms with Gasteiger partial charge in [-0.05, 0) is 48.9 Å². The Morgan fingerprint density at radius 3 is 2.45 bits per heavy atom. The lowest BCUT2D eigenvalue weighted by Crippen LogP contribution is -2.31. The summed E-state index contributed by atoms with van der Waals surface area (Å²) in [6, 6.07) is 9.32. The largest absolute Gasteiger partial charge is 0.497 e. The molecule has 0 unspecified atom stereocenters. The van der Waals surface area contributed by atoms with Gasteiger partial charge >= 0.3 is 6.18 Å². The van der Waals surface area contributed by atoms with E-state index in [1.54, 1.807) is 18.2 Å². The van der Waals surface area contributed by atoms with Crippen LogP contribution in [0.2, 0.25) is 0 Å². The zero-order valence-electron chi connectivity index (χ0n) is 17.9. The topological polar surface area (TPSA) is 108 Å². The number of nitrogen functional groups attached to an aromatic ring is 1. The highest BCUT2D eigenvalue weighted by Gasteiger charge is 2.31. The Kier molecular flexibility index (Phi) is 6.61. The Bertz CT molecular complexity index is 1240. The van der Waals surface area contributed by atoms with Crippen LogP contribution in [-0.4, -0.2) is 29.9 Å². The number of benzene rings is 2. The molecule has 1 aromatic heterocycles. The van der Waals surface area contributed by atoms with E-state index in [-0.39, 0.29) is 28.4 Å². The van der Waals surface area contributed by atoms with Crippen molar-refractivity contribution in [2.75, 3.05) is 20.0 Å². The first-order chi connectivity index (χ1) is 15.5. The van der Waals surface area contributed by atoms with Crippen LogP contribution < -0.4 is 26.1 Å². The van der Waals surface area contributed by atoms with E-state index in [1.165, 1.54) is 33.3 Å². The maximum atomic E-state index is 13.1. The number of rotatable bonds is 6. The summed E-state index contributed by atoms with van der Waals surface area (Å²) in [5, 5.41) is 6.67. The second-order valence-electron chi connectivity index (χ2n) is 7.09. The molecule has 3 N–H and O–H groups in total. The zero-order valence-corrected chi connectivity index (χ0v) is 17.9. The van der Waals surface area contributed by atoms with Crippen LogP contribution in [0.15, 0.2) is 53.3 Å². The lowest BCUT2D eigenvalue weighted by Gasteiger charge is -2.17. The van der Waals surface area contributed by atoms with Crippen molar-refractivity contribution in [3.63, 3.8) is 0 Å². The summed E-state index contributed by atoms with van der Waals surface area (Å²) in [6.07, 6.45) is -4.58. The molecule has 0 aliphatic rings. The van der Waals surface area contributed by atoms with Crippen molar-refractivity contribution >= 4 is 11.6 Å². The summed E-state index contributed by atoms with van der Waals surface area (Å²) in [7, 11) is 2.88. The smallest absolute Gasteiger partial charge is 0.416 e. The van der Waals surface area contributed by atoms with Crippen LogP contribution in [0.1, 0.15) is 34.6 Å². The SMILES string of the molecule is COc1ccc(-n2nc(C(=O)N[C@H](C)c3cc(N)cc(C(F)(F)F)c3)ccc2=O)c(OC)c1. The molecule has 0 bridgehead atoms. The van der Waals surface area contributed by atoms with Gasteiger partial charge in [-0.25, -0.2) is 0 Å². The highest BCUT2D eigenvalue weighted by molar-refractivity contribution is 5.92. The molecule has 1 atom stereocenters. The third kappa shape index (κ3) is 5.25. The van der Waals surface area contributed by atoms with Crippen molar-refractivity contribution in [1.29, 1.82) is 0 Å². The summed E-state index contributed by atoms with van der Waals surface area (Å²) in [6.45, 7) is 1.51. The van der Waals surface area contributed by atoms with Gasteiger partial charge in [0.2, 0.25) is 0 Å². The molecule has 174 valence electrons. The number of nitrogens with one attached hydrogen (secondary N) is 1. The number of carbonyl (C=O) groups is 1. The Balaban J connectivity index is 1.91. The molecular weight excluding hydrogens is 441 g/mol. The number of hydrogen-bond acceptors (Lipinski definition) is 6. The van der Waals surface area contributed by atoms with Crippen LogP contribution in [0.3, 0.4) is 0 Å². The first kappa shape index (κ1) is 23.6. The number of halogens is 3. The molecule has 1 heterocycles. The predicted octanol–water partition coefficient (Wildman–Crippen LogP) is 3.34. The first-order valence-corrected chi connectivity index (χ1v) is 9.64. The van der Waals surface area contributed by atoms with E-state index in [0.717, 1.165) is 22.9 Å². The Hall–Kier alpha value is -4.02. The van der Waals surface area contributed by atoms with E-state index in [0.29, 0.717) is 5.75 Å². The standard InChI is InChI=1S/C22H21F3N4O4/c1-12(13-8-14(22(23,24)25)10-15(26)9-13)27-21(31)17-5-7-20(30)29(28-17)18-6-4-16(32-2)11-19(18)33-3/h4-12H,26H2,1-3H3,(H,27,31)/t12-/m1/s1. The summed E-state index contributed by atoms with van der Waals surface area (Å²) in [5.41, 5.74) is 4.39. The maximum Gasteiger partial charge on any atom is 0.416 e. The molecule has 0 saturated heterocycles. The van der Waals surface area contributed by atoms with Gasteiger partial charge in [0.05, 0.1) is 25.8 Å². The van der Waals surface area contributed by atoms with Gasteiger partial charge in [-0.15, -0.1) is 0 Å². The van der Waals surface area contributed by atoms with Gasteiger partial charge < -0.3 is 20.5 Å². The molecule has 2 aromatic carbocycles. The van der Waals surface area contributed by atoms with Crippen molar-refractivity contribution in [3.8, 4) is 17.2 Å². The average molecular weight is 462 g/mol. The number of anilines is 1. The molecule has 11 heteroatoms. The van der Waals surface area contributed by atoms with Crippen molar-refractivity contribution in [2.24, 2.45) is 0 Å². The Morgan fingerprint density at radius 2 is 1.82 bits per heavy atom. The quantitative estimate of drug-likeness (QED) is 0.544. The Morgan fingerprint density at radius 1 is 1.09 bits per heavy atom. The number of carbonyl (C=O) groups excluding carboxylic acids is 1. The summed E-state index contributed by atoms with van der Waals surface area (Å²) >= 11 is 0. The molecule has 0 saturated carbocycles. The van der Waals surface area contributed by atoms with Crippen LogP contribution in [-0.2, 0) is 6.18 Å². The second kappa shape index (κ2) is 9.23. The van der Waals surface area contributed by atoms with Gasteiger partial charge in [0, 0.05) is 17.8 Å². The lowest BCUT2D eigenvalue weighted by atomic mass is 10.0. The summed E-state index contributed by atoms with van der Waals surface area (Å²) < 4.78 is 50.7. The van der Waals surface area contributed by atoms with Crippen LogP contribution in [0, 0.1) is 0 Å². The number of ether oxygens (including phenoxy) is 2. The van der Waals surface area contributed by atoms with Crippen LogP contribution >= 0.6 is 0 Å². The minimum Gasteiger partial charge on any atom is -0.497 e. The molecule has 0 radical (unpaired) electrons. The van der Waals surface area contributed by atoms with Gasteiger partial charge in [0.15, 0.2) is 0 Å². The highest BCUT2D eigenvalue weighted by Crippen LogP contribution is 2.32. The van der Waals surface area contributed by atoms with E-state index < -0.39 is 29.2 Å². The fourth-order valence-electron chi connectivity index (χ4n) is 3.11. The third-order valence-corrected chi connectivity index (χ3v) is 4.80. The number of aromatic nitrogens is 2. The Labute approximate surface area is 186 Å². The molecule has 0 spiro atoms. The van der Waals surface area contributed by atoms with Gasteiger partial charge in [-0.2, -0.15) is 23.0 Å². The number of nitrogens with zero attached hydrogens (tertiary/aromatic N) is 2. The predicted molar refractivity (Wildman–Crippen MR) is 115 cm³/mol. The van der Waals surface area contributed by atoms with Crippen LogP contribution in [0.5, 0.6) is 11.5 Å². The van der Waals surface area contributed by atoms with Gasteiger partial charge in [-0.3, -0.25) is 9.59 Å². The molecule has 0 aliphatic carbocycles. The van der Waals surface area contributed by atoms with E-state index in [2.05, 4.69) is 10.4 Å². The monoisotopic (exact) mass is 462 g/mol. The van der Waals surface area contributed by atoms with Crippen LogP contribution in [0.4, 0.5) is 18.9 Å². The number of nitrogens with two attached hydrogens (primary N) is 1. The molecule has 0 aliphatic heterocycles. The zero-order chi connectivity index (χ0) is 24.3. The van der Waals surface area contributed by atoms with Gasteiger partial charge in [0.1, 0.15) is 22.9 Å². The maximum absolute atomic E-state index is 13.1. The van der Waals surface area contributed by atoms with E-state index in [4.69, 9.17) is 15.2 Å². The van der Waals surface area contributed by atoms with Crippen molar-refractivity contribution < 1.29 is 27.4 Å². The minimum absolute atomic E-state index is 0.0841. The second-order valence-corrected chi connectivity index (χ2v) is 7.09. The van der Waals surface area contributed by atoms with Crippen molar-refractivity contribution in [1.82, 2.24) is 15.1 Å². The van der Waals surface area contributed by atoms with E-state index >= 15 is 0 Å². The molecule has 3 rings (SSSR count).